The average molecular weight is 308 g/mol. The molecule has 2 aromatic rings. The Hall–Kier alpha value is -1.53. The van der Waals surface area contributed by atoms with Crippen molar-refractivity contribution in [1.29, 1.82) is 0 Å². The monoisotopic (exact) mass is 308 g/mol. The fourth-order valence-electron chi connectivity index (χ4n) is 2.59. The highest BCUT2D eigenvalue weighted by atomic mass is 32.2. The number of sulfone groups is 1. The van der Waals surface area contributed by atoms with Crippen LogP contribution in [0.2, 0.25) is 0 Å². The van der Waals surface area contributed by atoms with E-state index in [9.17, 15) is 8.42 Å². The van der Waals surface area contributed by atoms with E-state index in [2.05, 4.69) is 16.3 Å². The zero-order chi connectivity index (χ0) is 14.3. The van der Waals surface area contributed by atoms with E-state index in [0.29, 0.717) is 5.69 Å². The summed E-state index contributed by atoms with van der Waals surface area (Å²) in [7, 11) is -3.29. The first-order valence-electron chi connectivity index (χ1n) is 6.35. The highest BCUT2D eigenvalue weighted by molar-refractivity contribution is 7.90. The summed E-state index contributed by atoms with van der Waals surface area (Å²) in [6.07, 6.45) is 2.17. The largest absolute Gasteiger partial charge is 0.396 e. The molecular weight excluding hydrogens is 292 g/mol. The molecule has 0 unspecified atom stereocenters. The third-order valence-corrected chi connectivity index (χ3v) is 5.77. The Morgan fingerprint density at radius 2 is 2.10 bits per heavy atom. The zero-order valence-electron chi connectivity index (χ0n) is 11.2. The minimum absolute atomic E-state index is 0.214. The molecule has 1 aromatic heterocycles. The van der Waals surface area contributed by atoms with Gasteiger partial charge < -0.3 is 10.6 Å². The first-order valence-corrected chi connectivity index (χ1v) is 9.12. The topological polar surface area (TPSA) is 63.4 Å². The Balaban J connectivity index is 2.00. The zero-order valence-corrected chi connectivity index (χ0v) is 12.8. The van der Waals surface area contributed by atoms with Crippen molar-refractivity contribution in [2.75, 3.05) is 23.4 Å². The summed E-state index contributed by atoms with van der Waals surface area (Å²) >= 11 is 1.78. The lowest BCUT2D eigenvalue weighted by Gasteiger charge is -2.30. The van der Waals surface area contributed by atoms with Crippen LogP contribution in [0.25, 0.3) is 0 Å². The molecule has 0 saturated carbocycles. The van der Waals surface area contributed by atoms with Crippen LogP contribution in [0, 0.1) is 0 Å². The minimum Gasteiger partial charge on any atom is -0.396 e. The summed E-state index contributed by atoms with van der Waals surface area (Å²) in [5.74, 6) is 0. The van der Waals surface area contributed by atoms with Gasteiger partial charge in [-0.2, -0.15) is 0 Å². The van der Waals surface area contributed by atoms with E-state index >= 15 is 0 Å². The Morgan fingerprint density at radius 3 is 2.85 bits per heavy atom. The molecule has 1 aromatic carbocycles. The predicted molar refractivity (Wildman–Crippen MR) is 83.0 cm³/mol. The van der Waals surface area contributed by atoms with Crippen LogP contribution in [-0.4, -0.2) is 21.2 Å². The molecule has 0 radical (unpaired) electrons. The molecule has 4 nitrogen and oxygen atoms in total. The molecule has 1 aliphatic rings. The van der Waals surface area contributed by atoms with Gasteiger partial charge in [0.2, 0.25) is 0 Å². The fraction of sp³-hybridized carbons (Fsp3) is 0.286. The lowest BCUT2D eigenvalue weighted by Crippen LogP contribution is -2.30. The van der Waals surface area contributed by atoms with Crippen molar-refractivity contribution in [3.05, 3.63) is 40.1 Å². The lowest BCUT2D eigenvalue weighted by atomic mass is 10.1. The van der Waals surface area contributed by atoms with Gasteiger partial charge in [-0.15, -0.1) is 11.3 Å². The quantitative estimate of drug-likeness (QED) is 0.865. The maximum Gasteiger partial charge on any atom is 0.177 e. The second-order valence-electron chi connectivity index (χ2n) is 5.00. The summed E-state index contributed by atoms with van der Waals surface area (Å²) < 4.78 is 23.5. The summed E-state index contributed by atoms with van der Waals surface area (Å²) in [5, 5.41) is 2.10. The highest BCUT2D eigenvalue weighted by Gasteiger charge is 2.22. The van der Waals surface area contributed by atoms with Gasteiger partial charge in [-0.1, -0.05) is 6.07 Å². The van der Waals surface area contributed by atoms with E-state index < -0.39 is 9.84 Å². The molecule has 0 saturated heterocycles. The van der Waals surface area contributed by atoms with Crippen LogP contribution in [-0.2, 0) is 22.8 Å². The molecule has 3 rings (SSSR count). The van der Waals surface area contributed by atoms with Crippen molar-refractivity contribution in [2.24, 2.45) is 0 Å². The number of nitrogens with two attached hydrogens (primary N) is 1. The third-order valence-electron chi connectivity index (χ3n) is 3.59. The van der Waals surface area contributed by atoms with Gasteiger partial charge in [-0.05, 0) is 35.6 Å². The van der Waals surface area contributed by atoms with Crippen molar-refractivity contribution in [1.82, 2.24) is 0 Å². The molecular formula is C14H16N2O2S2. The number of benzene rings is 1. The van der Waals surface area contributed by atoms with E-state index in [-0.39, 0.29) is 4.90 Å². The maximum absolute atomic E-state index is 11.7. The molecule has 2 heterocycles. The molecule has 0 fully saturated rings. The van der Waals surface area contributed by atoms with Gasteiger partial charge in [-0.25, -0.2) is 8.42 Å². The Bertz CT molecular complexity index is 750. The van der Waals surface area contributed by atoms with Crippen molar-refractivity contribution >= 4 is 32.5 Å². The Kier molecular flexibility index (Phi) is 3.22. The van der Waals surface area contributed by atoms with Gasteiger partial charge in [0.15, 0.2) is 9.84 Å². The van der Waals surface area contributed by atoms with Crippen LogP contribution in [0.4, 0.5) is 11.4 Å². The number of rotatable bonds is 2. The third kappa shape index (κ3) is 2.29. The van der Waals surface area contributed by atoms with E-state index in [4.69, 9.17) is 5.73 Å². The number of thiophene rings is 1. The molecule has 20 heavy (non-hydrogen) atoms. The van der Waals surface area contributed by atoms with Crippen molar-refractivity contribution in [2.45, 2.75) is 17.9 Å². The van der Waals surface area contributed by atoms with Gasteiger partial charge in [-0.3, -0.25) is 0 Å². The number of hydrogen-bond acceptors (Lipinski definition) is 5. The maximum atomic E-state index is 11.7. The predicted octanol–water partition coefficient (Wildman–Crippen LogP) is 2.30. The van der Waals surface area contributed by atoms with Crippen LogP contribution in [0.5, 0.6) is 0 Å². The number of hydrogen-bond donors (Lipinski definition) is 1. The molecule has 106 valence electrons. The van der Waals surface area contributed by atoms with E-state index in [1.54, 1.807) is 23.5 Å². The van der Waals surface area contributed by atoms with E-state index in [1.165, 1.54) is 16.7 Å². The molecule has 0 amide bonds. The van der Waals surface area contributed by atoms with Crippen molar-refractivity contribution in [3.63, 3.8) is 0 Å². The lowest BCUT2D eigenvalue weighted by molar-refractivity contribution is 0.602. The van der Waals surface area contributed by atoms with Gasteiger partial charge >= 0.3 is 0 Å². The summed E-state index contributed by atoms with van der Waals surface area (Å²) in [4.78, 5) is 3.78. The molecule has 1 aliphatic heterocycles. The van der Waals surface area contributed by atoms with Gasteiger partial charge in [0.25, 0.3) is 0 Å². The molecule has 0 aliphatic carbocycles. The van der Waals surface area contributed by atoms with E-state index in [1.807, 2.05) is 6.07 Å². The highest BCUT2D eigenvalue weighted by Crippen LogP contribution is 2.34. The normalized spacial score (nSPS) is 15.2. The second-order valence-corrected chi connectivity index (χ2v) is 7.99. The van der Waals surface area contributed by atoms with Crippen LogP contribution >= 0.6 is 11.3 Å². The molecule has 2 N–H and O–H groups in total. The molecule has 0 spiro atoms. The number of anilines is 2. The Morgan fingerprint density at radius 1 is 1.30 bits per heavy atom. The standard InChI is InChI=1S/C14H16N2O2S2/c1-20(17,18)13-4-2-3-11(14(13)15)16-7-5-12-10(9-16)6-8-19-12/h2-4,6,8H,5,7,9,15H2,1H3. The van der Waals surface area contributed by atoms with Gasteiger partial charge in [0, 0.05) is 24.2 Å². The van der Waals surface area contributed by atoms with Crippen molar-refractivity contribution < 1.29 is 8.42 Å². The molecule has 0 bridgehead atoms. The van der Waals surface area contributed by atoms with Crippen LogP contribution < -0.4 is 10.6 Å². The summed E-state index contributed by atoms with van der Waals surface area (Å²) in [6.45, 7) is 1.65. The second kappa shape index (κ2) is 4.79. The first-order chi connectivity index (χ1) is 9.47. The first kappa shape index (κ1) is 13.5. The molecule has 0 atom stereocenters. The smallest absolute Gasteiger partial charge is 0.177 e. The average Bonchev–Trinajstić information content (AvgIpc) is 2.84. The number of para-hydroxylation sites is 1. The summed E-state index contributed by atoms with van der Waals surface area (Å²) in [6, 6.07) is 7.34. The fourth-order valence-corrected chi connectivity index (χ4v) is 4.31. The van der Waals surface area contributed by atoms with E-state index in [0.717, 1.165) is 25.2 Å². The molecule has 6 heteroatoms. The minimum atomic E-state index is -3.29. The van der Waals surface area contributed by atoms with Crippen LogP contribution in [0.15, 0.2) is 34.5 Å². The number of nitrogens with zero attached hydrogens (tertiary/aromatic N) is 1. The van der Waals surface area contributed by atoms with Gasteiger partial charge in [0.1, 0.15) is 0 Å². The number of fused-ring (bicyclic) bond motifs is 1. The SMILES string of the molecule is CS(=O)(=O)c1cccc(N2CCc3sccc3C2)c1N. The van der Waals surface area contributed by atoms with Crippen LogP contribution in [0.3, 0.4) is 0 Å². The Labute approximate surface area is 122 Å². The summed E-state index contributed by atoms with van der Waals surface area (Å²) in [5.41, 5.74) is 8.55. The van der Waals surface area contributed by atoms with Crippen LogP contribution in [0.1, 0.15) is 10.4 Å². The number of nitrogen functional groups attached to an aromatic ring is 1. The van der Waals surface area contributed by atoms with Gasteiger partial charge in [0.05, 0.1) is 16.3 Å². The van der Waals surface area contributed by atoms with Crippen molar-refractivity contribution in [3.8, 4) is 0 Å².